The van der Waals surface area contributed by atoms with Gasteiger partial charge in [0.05, 0.1) is 24.4 Å². The van der Waals surface area contributed by atoms with Crippen LogP contribution >= 0.6 is 0 Å². The summed E-state index contributed by atoms with van der Waals surface area (Å²) in [4.78, 5) is 15.0. The summed E-state index contributed by atoms with van der Waals surface area (Å²) >= 11 is 0. The van der Waals surface area contributed by atoms with Crippen LogP contribution in [0.3, 0.4) is 0 Å². The molecule has 1 aliphatic carbocycles. The lowest BCUT2D eigenvalue weighted by Gasteiger charge is -2.34. The van der Waals surface area contributed by atoms with Gasteiger partial charge in [-0.15, -0.1) is 0 Å². The molecule has 0 spiro atoms. The Kier molecular flexibility index (Phi) is 5.74. The number of hydrogen-bond acceptors (Lipinski definition) is 4. The van der Waals surface area contributed by atoms with Crippen molar-refractivity contribution >= 4 is 5.91 Å². The van der Waals surface area contributed by atoms with E-state index in [1.54, 1.807) is 12.4 Å². The minimum Gasteiger partial charge on any atom is -0.334 e. The second kappa shape index (κ2) is 8.01. The smallest absolute Gasteiger partial charge is 0.255 e. The highest BCUT2D eigenvalue weighted by Gasteiger charge is 2.36. The van der Waals surface area contributed by atoms with E-state index in [4.69, 9.17) is 0 Å². The molecule has 25 heavy (non-hydrogen) atoms. The monoisotopic (exact) mass is 343 g/mol. The molecule has 136 valence electrons. The molecule has 0 radical (unpaired) electrons. The van der Waals surface area contributed by atoms with Crippen LogP contribution in [0.25, 0.3) is 0 Å². The number of carbonyl (C=O) groups is 1. The van der Waals surface area contributed by atoms with Crippen molar-refractivity contribution in [3.63, 3.8) is 0 Å². The Morgan fingerprint density at radius 1 is 1.36 bits per heavy atom. The highest BCUT2D eigenvalue weighted by Crippen LogP contribution is 2.32. The van der Waals surface area contributed by atoms with Crippen LogP contribution in [-0.2, 0) is 6.54 Å². The second-order valence-electron chi connectivity index (χ2n) is 7.74. The topological polar surface area (TPSA) is 74.0 Å². The summed E-state index contributed by atoms with van der Waals surface area (Å²) in [6.07, 6.45) is 10.9. The van der Waals surface area contributed by atoms with Gasteiger partial charge < -0.3 is 10.2 Å². The average Bonchev–Trinajstić information content (AvgIpc) is 3.10. The van der Waals surface area contributed by atoms with Gasteiger partial charge in [0.2, 0.25) is 0 Å². The Hall–Kier alpha value is -1.87. The van der Waals surface area contributed by atoms with Crippen LogP contribution < -0.4 is 5.32 Å². The SMILES string of the molecule is C[C@@H]1CCC[C@@](C#N)(NC(=O)c2cnn(CCN3CCCCC3)c2)C1. The zero-order chi connectivity index (χ0) is 17.7. The van der Waals surface area contributed by atoms with Crippen LogP contribution in [0.4, 0.5) is 0 Å². The first-order chi connectivity index (χ1) is 12.1. The Labute approximate surface area is 150 Å². The summed E-state index contributed by atoms with van der Waals surface area (Å²) < 4.78 is 1.84. The zero-order valence-electron chi connectivity index (χ0n) is 15.2. The number of piperidine rings is 1. The van der Waals surface area contributed by atoms with Gasteiger partial charge in [-0.1, -0.05) is 19.8 Å². The fraction of sp³-hybridized carbons (Fsp3) is 0.737. The number of aromatic nitrogens is 2. The van der Waals surface area contributed by atoms with E-state index < -0.39 is 5.54 Å². The fourth-order valence-electron chi connectivity index (χ4n) is 4.11. The van der Waals surface area contributed by atoms with E-state index in [-0.39, 0.29) is 5.91 Å². The van der Waals surface area contributed by atoms with Gasteiger partial charge in [-0.05, 0) is 51.1 Å². The normalized spacial score (nSPS) is 27.6. The molecular formula is C19H29N5O. The summed E-state index contributed by atoms with van der Waals surface area (Å²) in [6.45, 7) is 6.25. The Balaban J connectivity index is 1.55. The highest BCUT2D eigenvalue weighted by molar-refractivity contribution is 5.94. The Bertz CT molecular complexity index is 628. The maximum absolute atomic E-state index is 12.6. The molecule has 1 amide bonds. The number of carbonyl (C=O) groups excluding carboxylic acids is 1. The van der Waals surface area contributed by atoms with Crippen molar-refractivity contribution in [1.82, 2.24) is 20.0 Å². The molecule has 0 unspecified atom stereocenters. The van der Waals surface area contributed by atoms with E-state index in [1.807, 2.05) is 4.68 Å². The molecule has 1 aliphatic heterocycles. The first-order valence-corrected chi connectivity index (χ1v) is 9.59. The minimum absolute atomic E-state index is 0.181. The van der Waals surface area contributed by atoms with Gasteiger partial charge in [-0.3, -0.25) is 9.48 Å². The number of likely N-dealkylation sites (tertiary alicyclic amines) is 1. The lowest BCUT2D eigenvalue weighted by Crippen LogP contribution is -2.50. The second-order valence-corrected chi connectivity index (χ2v) is 7.74. The molecule has 2 heterocycles. The van der Waals surface area contributed by atoms with E-state index >= 15 is 0 Å². The van der Waals surface area contributed by atoms with Crippen LogP contribution in [0.2, 0.25) is 0 Å². The maximum Gasteiger partial charge on any atom is 0.255 e. The zero-order valence-corrected chi connectivity index (χ0v) is 15.2. The van der Waals surface area contributed by atoms with E-state index in [0.717, 1.165) is 51.9 Å². The molecule has 1 aromatic heterocycles. The van der Waals surface area contributed by atoms with E-state index in [1.165, 1.54) is 19.3 Å². The first kappa shape index (κ1) is 17.9. The highest BCUT2D eigenvalue weighted by atomic mass is 16.1. The third kappa shape index (κ3) is 4.60. The molecule has 1 saturated heterocycles. The molecule has 6 nitrogen and oxygen atoms in total. The molecule has 2 fully saturated rings. The predicted octanol–water partition coefficient (Wildman–Crippen LogP) is 2.57. The maximum atomic E-state index is 12.6. The summed E-state index contributed by atoms with van der Waals surface area (Å²) in [5.74, 6) is 0.292. The summed E-state index contributed by atoms with van der Waals surface area (Å²) in [5, 5.41) is 16.9. The van der Waals surface area contributed by atoms with Crippen molar-refractivity contribution in [1.29, 1.82) is 5.26 Å². The van der Waals surface area contributed by atoms with Gasteiger partial charge in [0.15, 0.2) is 0 Å². The van der Waals surface area contributed by atoms with Gasteiger partial charge in [-0.25, -0.2) is 0 Å². The lowest BCUT2D eigenvalue weighted by atomic mass is 9.77. The number of rotatable bonds is 5. The number of amides is 1. The first-order valence-electron chi connectivity index (χ1n) is 9.59. The molecule has 2 atom stereocenters. The third-order valence-electron chi connectivity index (χ3n) is 5.55. The standard InChI is InChI=1S/C19H29N5O/c1-16-6-5-7-19(12-16,15-20)22-18(25)17-13-21-24(14-17)11-10-23-8-3-2-4-9-23/h13-14,16H,2-12H2,1H3,(H,22,25)/t16-,19-/m1/s1. The van der Waals surface area contributed by atoms with E-state index in [2.05, 4.69) is 28.3 Å². The summed E-state index contributed by atoms with van der Waals surface area (Å²) in [7, 11) is 0. The van der Waals surface area contributed by atoms with E-state index in [0.29, 0.717) is 11.5 Å². The van der Waals surface area contributed by atoms with Gasteiger partial charge in [0.25, 0.3) is 5.91 Å². The molecule has 1 N–H and O–H groups in total. The number of nitrogens with zero attached hydrogens (tertiary/aromatic N) is 4. The van der Waals surface area contributed by atoms with Gasteiger partial charge in [0.1, 0.15) is 5.54 Å². The molecule has 3 rings (SSSR count). The number of nitrogens with one attached hydrogen (secondary N) is 1. The summed E-state index contributed by atoms with van der Waals surface area (Å²) in [5.41, 5.74) is -0.170. The van der Waals surface area contributed by atoms with Crippen molar-refractivity contribution in [3.05, 3.63) is 18.0 Å². The van der Waals surface area contributed by atoms with Gasteiger partial charge in [0, 0.05) is 12.7 Å². The van der Waals surface area contributed by atoms with Crippen molar-refractivity contribution < 1.29 is 4.79 Å². The van der Waals surface area contributed by atoms with Gasteiger partial charge in [-0.2, -0.15) is 10.4 Å². The molecule has 6 heteroatoms. The largest absolute Gasteiger partial charge is 0.334 e. The average molecular weight is 343 g/mol. The molecule has 2 aliphatic rings. The van der Waals surface area contributed by atoms with Crippen LogP contribution in [0.5, 0.6) is 0 Å². The van der Waals surface area contributed by atoms with Crippen LogP contribution in [0.15, 0.2) is 12.4 Å². The third-order valence-corrected chi connectivity index (χ3v) is 5.55. The summed E-state index contributed by atoms with van der Waals surface area (Å²) in [6, 6.07) is 2.36. The molecular weight excluding hydrogens is 314 g/mol. The Morgan fingerprint density at radius 3 is 2.88 bits per heavy atom. The lowest BCUT2D eigenvalue weighted by molar-refractivity contribution is 0.0890. The fourth-order valence-corrected chi connectivity index (χ4v) is 4.11. The van der Waals surface area contributed by atoms with Crippen LogP contribution in [0, 0.1) is 17.2 Å². The minimum atomic E-state index is -0.718. The quantitative estimate of drug-likeness (QED) is 0.892. The van der Waals surface area contributed by atoms with Crippen molar-refractivity contribution in [2.45, 2.75) is 64.0 Å². The molecule has 0 aromatic carbocycles. The van der Waals surface area contributed by atoms with E-state index in [9.17, 15) is 10.1 Å². The predicted molar refractivity (Wildman–Crippen MR) is 96.0 cm³/mol. The Morgan fingerprint density at radius 2 is 2.16 bits per heavy atom. The molecule has 1 saturated carbocycles. The van der Waals surface area contributed by atoms with Crippen LogP contribution in [-0.4, -0.2) is 45.8 Å². The van der Waals surface area contributed by atoms with Gasteiger partial charge >= 0.3 is 0 Å². The molecule has 1 aromatic rings. The number of nitriles is 1. The van der Waals surface area contributed by atoms with Crippen molar-refractivity contribution in [3.8, 4) is 6.07 Å². The van der Waals surface area contributed by atoms with Crippen molar-refractivity contribution in [2.24, 2.45) is 5.92 Å². The van der Waals surface area contributed by atoms with Crippen LogP contribution in [0.1, 0.15) is 62.2 Å². The number of hydrogen-bond donors (Lipinski definition) is 1. The van der Waals surface area contributed by atoms with Crippen molar-refractivity contribution in [2.75, 3.05) is 19.6 Å². The molecule has 0 bridgehead atoms.